The molecule has 2 amide bonds. The SMILES string of the molecule is CSCC(CCO)NC(=O)NCCc1cc(F)c(F)c(F)c1. The highest BCUT2D eigenvalue weighted by atomic mass is 32.2. The fourth-order valence-corrected chi connectivity index (χ4v) is 2.52. The molecule has 124 valence electrons. The van der Waals surface area contributed by atoms with Crippen LogP contribution in [0, 0.1) is 17.5 Å². The Morgan fingerprint density at radius 2 is 1.95 bits per heavy atom. The Morgan fingerprint density at radius 1 is 1.32 bits per heavy atom. The summed E-state index contributed by atoms with van der Waals surface area (Å²) in [6.07, 6.45) is 2.51. The third-order valence-electron chi connectivity index (χ3n) is 2.92. The van der Waals surface area contributed by atoms with Crippen molar-refractivity contribution in [2.24, 2.45) is 0 Å². The standard InChI is InChI=1S/C14H19F3N2O2S/c1-22-8-10(3-5-20)19-14(21)18-4-2-9-6-11(15)13(17)12(16)7-9/h6-7,10,20H,2-5,8H2,1H3,(H2,18,19,21). The highest BCUT2D eigenvalue weighted by Gasteiger charge is 2.12. The molecule has 0 aliphatic rings. The van der Waals surface area contributed by atoms with E-state index in [2.05, 4.69) is 10.6 Å². The molecular formula is C14H19F3N2O2S. The van der Waals surface area contributed by atoms with Gasteiger partial charge in [0.25, 0.3) is 0 Å². The van der Waals surface area contributed by atoms with Crippen molar-refractivity contribution in [2.45, 2.75) is 18.9 Å². The first-order chi connectivity index (χ1) is 10.5. The molecule has 22 heavy (non-hydrogen) atoms. The van der Waals surface area contributed by atoms with Crippen molar-refractivity contribution >= 4 is 17.8 Å². The van der Waals surface area contributed by atoms with Gasteiger partial charge in [-0.1, -0.05) is 0 Å². The summed E-state index contributed by atoms with van der Waals surface area (Å²) in [5.74, 6) is -3.33. The number of amides is 2. The lowest BCUT2D eigenvalue weighted by atomic mass is 10.1. The maximum absolute atomic E-state index is 13.0. The molecule has 0 aromatic heterocycles. The van der Waals surface area contributed by atoms with Crippen molar-refractivity contribution in [1.29, 1.82) is 0 Å². The highest BCUT2D eigenvalue weighted by Crippen LogP contribution is 2.13. The maximum Gasteiger partial charge on any atom is 0.315 e. The number of hydrogen-bond donors (Lipinski definition) is 3. The van der Waals surface area contributed by atoms with Crippen LogP contribution in [-0.2, 0) is 6.42 Å². The molecule has 1 rings (SSSR count). The molecule has 1 atom stereocenters. The summed E-state index contributed by atoms with van der Waals surface area (Å²) in [7, 11) is 0. The predicted molar refractivity (Wildman–Crippen MR) is 80.4 cm³/mol. The molecule has 3 N–H and O–H groups in total. The summed E-state index contributed by atoms with van der Waals surface area (Å²) in [5.41, 5.74) is 0.257. The molecule has 0 aliphatic heterocycles. The number of aliphatic hydroxyl groups is 1. The van der Waals surface area contributed by atoms with Gasteiger partial charge in [0, 0.05) is 24.9 Å². The summed E-state index contributed by atoms with van der Waals surface area (Å²) in [5, 5.41) is 14.1. The zero-order chi connectivity index (χ0) is 16.5. The smallest absolute Gasteiger partial charge is 0.315 e. The first-order valence-electron chi connectivity index (χ1n) is 6.75. The number of benzene rings is 1. The van der Waals surface area contributed by atoms with E-state index in [1.54, 1.807) is 11.8 Å². The van der Waals surface area contributed by atoms with E-state index in [1.165, 1.54) is 0 Å². The quantitative estimate of drug-likeness (QED) is 0.637. The minimum absolute atomic E-state index is 0.0281. The van der Waals surface area contributed by atoms with E-state index in [0.717, 1.165) is 12.1 Å². The van der Waals surface area contributed by atoms with Crippen LogP contribution in [0.1, 0.15) is 12.0 Å². The van der Waals surface area contributed by atoms with Gasteiger partial charge in [0.1, 0.15) is 0 Å². The molecule has 0 fully saturated rings. The van der Waals surface area contributed by atoms with Crippen molar-refractivity contribution in [3.63, 3.8) is 0 Å². The normalized spacial score (nSPS) is 12.0. The predicted octanol–water partition coefficient (Wildman–Crippen LogP) is 2.06. The topological polar surface area (TPSA) is 61.4 Å². The highest BCUT2D eigenvalue weighted by molar-refractivity contribution is 7.98. The number of carbonyl (C=O) groups is 1. The van der Waals surface area contributed by atoms with Crippen LogP contribution < -0.4 is 10.6 Å². The zero-order valence-corrected chi connectivity index (χ0v) is 13.0. The van der Waals surface area contributed by atoms with E-state index in [0.29, 0.717) is 12.2 Å². The summed E-state index contributed by atoms with van der Waals surface area (Å²) >= 11 is 1.54. The molecule has 0 aliphatic carbocycles. The van der Waals surface area contributed by atoms with Gasteiger partial charge in [-0.25, -0.2) is 18.0 Å². The van der Waals surface area contributed by atoms with Crippen molar-refractivity contribution < 1.29 is 23.1 Å². The monoisotopic (exact) mass is 336 g/mol. The molecule has 1 aromatic rings. The second-order valence-corrected chi connectivity index (χ2v) is 5.60. The Morgan fingerprint density at radius 3 is 2.50 bits per heavy atom. The molecule has 0 radical (unpaired) electrons. The van der Waals surface area contributed by atoms with Gasteiger partial charge in [-0.2, -0.15) is 11.8 Å². The van der Waals surface area contributed by atoms with Crippen LogP contribution >= 0.6 is 11.8 Å². The Kier molecular flexibility index (Phi) is 8.11. The molecule has 0 heterocycles. The van der Waals surface area contributed by atoms with Crippen molar-refractivity contribution in [2.75, 3.05) is 25.2 Å². The van der Waals surface area contributed by atoms with Gasteiger partial charge >= 0.3 is 6.03 Å². The maximum atomic E-state index is 13.0. The summed E-state index contributed by atoms with van der Waals surface area (Å²) in [6, 6.07) is 1.23. The zero-order valence-electron chi connectivity index (χ0n) is 12.2. The van der Waals surface area contributed by atoms with Gasteiger partial charge in [0.15, 0.2) is 17.5 Å². The van der Waals surface area contributed by atoms with E-state index in [-0.39, 0.29) is 31.2 Å². The second kappa shape index (κ2) is 9.58. The van der Waals surface area contributed by atoms with Gasteiger partial charge < -0.3 is 15.7 Å². The van der Waals surface area contributed by atoms with E-state index in [4.69, 9.17) is 5.11 Å². The Hall–Kier alpha value is -1.41. The molecule has 0 spiro atoms. The molecular weight excluding hydrogens is 317 g/mol. The minimum Gasteiger partial charge on any atom is -0.396 e. The lowest BCUT2D eigenvalue weighted by Crippen LogP contribution is -2.44. The number of thioether (sulfide) groups is 1. The van der Waals surface area contributed by atoms with Crippen LogP contribution in [0.25, 0.3) is 0 Å². The van der Waals surface area contributed by atoms with E-state index in [9.17, 15) is 18.0 Å². The van der Waals surface area contributed by atoms with Gasteiger partial charge in [0.05, 0.1) is 0 Å². The number of halogens is 3. The van der Waals surface area contributed by atoms with Crippen molar-refractivity contribution in [1.82, 2.24) is 10.6 Å². The van der Waals surface area contributed by atoms with Crippen LogP contribution in [0.2, 0.25) is 0 Å². The van der Waals surface area contributed by atoms with Gasteiger partial charge in [-0.05, 0) is 36.8 Å². The van der Waals surface area contributed by atoms with Crippen LogP contribution in [0.15, 0.2) is 12.1 Å². The fourth-order valence-electron chi connectivity index (χ4n) is 1.86. The second-order valence-electron chi connectivity index (χ2n) is 4.69. The molecule has 0 saturated heterocycles. The Balaban J connectivity index is 2.41. The molecule has 1 unspecified atom stereocenters. The molecule has 0 saturated carbocycles. The number of nitrogens with one attached hydrogen (secondary N) is 2. The van der Waals surface area contributed by atoms with Crippen LogP contribution in [0.5, 0.6) is 0 Å². The molecule has 1 aromatic carbocycles. The van der Waals surface area contributed by atoms with Gasteiger partial charge in [0.2, 0.25) is 0 Å². The van der Waals surface area contributed by atoms with E-state index >= 15 is 0 Å². The Bertz CT molecular complexity index is 474. The fraction of sp³-hybridized carbons (Fsp3) is 0.500. The van der Waals surface area contributed by atoms with Crippen molar-refractivity contribution in [3.05, 3.63) is 35.1 Å². The summed E-state index contributed by atoms with van der Waals surface area (Å²) in [6.45, 7) is 0.126. The van der Waals surface area contributed by atoms with Gasteiger partial charge in [-0.3, -0.25) is 0 Å². The number of urea groups is 1. The molecule has 8 heteroatoms. The summed E-state index contributed by atoms with van der Waals surface area (Å²) in [4.78, 5) is 11.7. The van der Waals surface area contributed by atoms with Crippen LogP contribution in [0.3, 0.4) is 0 Å². The molecule has 0 bridgehead atoms. The average Bonchev–Trinajstić information content (AvgIpc) is 2.45. The van der Waals surface area contributed by atoms with Gasteiger partial charge in [-0.15, -0.1) is 0 Å². The third-order valence-corrected chi connectivity index (χ3v) is 3.66. The first kappa shape index (κ1) is 18.6. The average molecular weight is 336 g/mol. The lowest BCUT2D eigenvalue weighted by Gasteiger charge is -2.17. The number of hydrogen-bond acceptors (Lipinski definition) is 3. The molecule has 4 nitrogen and oxygen atoms in total. The summed E-state index contributed by atoms with van der Waals surface area (Å²) < 4.78 is 38.9. The third kappa shape index (κ3) is 6.15. The minimum atomic E-state index is -1.50. The largest absolute Gasteiger partial charge is 0.396 e. The van der Waals surface area contributed by atoms with Crippen LogP contribution in [-0.4, -0.2) is 42.3 Å². The lowest BCUT2D eigenvalue weighted by molar-refractivity contribution is 0.231. The Labute approximate surface area is 131 Å². The van der Waals surface area contributed by atoms with E-state index in [1.807, 2.05) is 6.26 Å². The van der Waals surface area contributed by atoms with Crippen LogP contribution in [0.4, 0.5) is 18.0 Å². The van der Waals surface area contributed by atoms with Crippen molar-refractivity contribution in [3.8, 4) is 0 Å². The van der Waals surface area contributed by atoms with E-state index < -0.39 is 23.5 Å². The first-order valence-corrected chi connectivity index (χ1v) is 8.15. The number of aliphatic hydroxyl groups excluding tert-OH is 1. The number of carbonyl (C=O) groups excluding carboxylic acids is 1. The number of rotatable bonds is 8.